The minimum atomic E-state index is -0.175. The van der Waals surface area contributed by atoms with Crippen molar-refractivity contribution in [3.63, 3.8) is 0 Å². The Hall–Kier alpha value is -3.74. The van der Waals surface area contributed by atoms with Gasteiger partial charge in [0.05, 0.1) is 12.3 Å². The number of aromatic nitrogens is 4. The van der Waals surface area contributed by atoms with Crippen molar-refractivity contribution in [1.82, 2.24) is 25.3 Å². The number of nitrogens with zero attached hydrogens (tertiary/aromatic N) is 4. The molecule has 140 valence electrons. The summed E-state index contributed by atoms with van der Waals surface area (Å²) in [6, 6.07) is 18.5. The number of carbonyl (C=O) groups is 1. The molecule has 4 aromatic rings. The Bertz CT molecular complexity index is 1120. The van der Waals surface area contributed by atoms with E-state index in [4.69, 9.17) is 4.74 Å². The minimum Gasteiger partial charge on any atom is -0.494 e. The fourth-order valence-corrected chi connectivity index (χ4v) is 2.94. The van der Waals surface area contributed by atoms with Gasteiger partial charge < -0.3 is 10.1 Å². The highest BCUT2D eigenvalue weighted by Gasteiger charge is 2.11. The first kappa shape index (κ1) is 17.7. The number of carbonyl (C=O) groups excluding carboxylic acids is 1. The van der Waals surface area contributed by atoms with Crippen molar-refractivity contribution in [3.8, 4) is 11.4 Å². The zero-order valence-corrected chi connectivity index (χ0v) is 15.4. The zero-order chi connectivity index (χ0) is 19.3. The fraction of sp³-hybridized carbons (Fsp3) is 0.143. The number of benzene rings is 2. The lowest BCUT2D eigenvalue weighted by Crippen LogP contribution is -2.23. The third-order valence-electron chi connectivity index (χ3n) is 4.27. The maximum absolute atomic E-state index is 12.7. The van der Waals surface area contributed by atoms with Gasteiger partial charge in [0, 0.05) is 23.9 Å². The molecule has 7 heteroatoms. The molecule has 0 aliphatic heterocycles. The first-order valence-electron chi connectivity index (χ1n) is 9.02. The number of para-hydroxylation sites is 1. The molecular formula is C21H19N5O2. The van der Waals surface area contributed by atoms with Gasteiger partial charge in [0.25, 0.3) is 5.91 Å². The van der Waals surface area contributed by atoms with E-state index in [0.717, 1.165) is 17.0 Å². The van der Waals surface area contributed by atoms with Crippen molar-refractivity contribution in [2.75, 3.05) is 6.61 Å². The molecule has 0 unspecified atom stereocenters. The summed E-state index contributed by atoms with van der Waals surface area (Å²) < 4.78 is 7.23. The van der Waals surface area contributed by atoms with Gasteiger partial charge in [-0.3, -0.25) is 4.79 Å². The largest absolute Gasteiger partial charge is 0.494 e. The molecule has 0 bridgehead atoms. The van der Waals surface area contributed by atoms with E-state index in [0.29, 0.717) is 29.9 Å². The summed E-state index contributed by atoms with van der Waals surface area (Å²) in [4.78, 5) is 17.0. The maximum Gasteiger partial charge on any atom is 0.251 e. The summed E-state index contributed by atoms with van der Waals surface area (Å²) in [6.45, 7) is 2.89. The zero-order valence-electron chi connectivity index (χ0n) is 15.4. The fourth-order valence-electron chi connectivity index (χ4n) is 2.94. The monoisotopic (exact) mass is 373 g/mol. The second-order valence-corrected chi connectivity index (χ2v) is 6.12. The molecule has 0 fully saturated rings. The third kappa shape index (κ3) is 3.55. The van der Waals surface area contributed by atoms with E-state index in [1.54, 1.807) is 23.0 Å². The normalized spacial score (nSPS) is 10.8. The number of pyridine rings is 1. The van der Waals surface area contributed by atoms with E-state index in [2.05, 4.69) is 20.6 Å². The molecule has 0 atom stereocenters. The Morgan fingerprint density at radius 2 is 2.00 bits per heavy atom. The molecule has 0 spiro atoms. The summed E-state index contributed by atoms with van der Waals surface area (Å²) in [5, 5.41) is 11.2. The van der Waals surface area contributed by atoms with Gasteiger partial charge in [0.1, 0.15) is 11.3 Å². The van der Waals surface area contributed by atoms with Gasteiger partial charge in [-0.1, -0.05) is 29.5 Å². The van der Waals surface area contributed by atoms with Crippen molar-refractivity contribution in [3.05, 3.63) is 78.0 Å². The molecule has 0 aliphatic rings. The summed E-state index contributed by atoms with van der Waals surface area (Å²) in [7, 11) is 0. The summed E-state index contributed by atoms with van der Waals surface area (Å²) >= 11 is 0. The summed E-state index contributed by atoms with van der Waals surface area (Å²) in [6.07, 6.45) is 1.69. The Morgan fingerprint density at radius 3 is 2.89 bits per heavy atom. The van der Waals surface area contributed by atoms with Crippen LogP contribution in [0.1, 0.15) is 22.8 Å². The number of ether oxygens (including phenoxy) is 1. The van der Waals surface area contributed by atoms with E-state index >= 15 is 0 Å². The van der Waals surface area contributed by atoms with Crippen LogP contribution in [0.2, 0.25) is 0 Å². The van der Waals surface area contributed by atoms with Gasteiger partial charge in [-0.15, -0.1) is 5.10 Å². The molecule has 0 radical (unpaired) electrons. The standard InChI is InChI=1S/C21H19N5O2/c1-2-28-19-11-4-3-7-16(19)14-23-21(27)15-8-5-9-17(13-15)26-20-18(24-25-26)10-6-12-22-20/h3-13H,2,14H2,1H3,(H,23,27). The second-order valence-electron chi connectivity index (χ2n) is 6.12. The Labute approximate surface area is 162 Å². The lowest BCUT2D eigenvalue weighted by Gasteiger charge is -2.11. The molecule has 0 aliphatic carbocycles. The molecule has 2 aromatic heterocycles. The van der Waals surface area contributed by atoms with E-state index in [1.165, 1.54) is 0 Å². The van der Waals surface area contributed by atoms with Crippen LogP contribution >= 0.6 is 0 Å². The predicted molar refractivity (Wildman–Crippen MR) is 105 cm³/mol. The van der Waals surface area contributed by atoms with Crippen LogP contribution in [-0.4, -0.2) is 32.5 Å². The highest BCUT2D eigenvalue weighted by atomic mass is 16.5. The smallest absolute Gasteiger partial charge is 0.251 e. The summed E-state index contributed by atoms with van der Waals surface area (Å²) in [5.74, 6) is 0.602. The van der Waals surface area contributed by atoms with Crippen LogP contribution < -0.4 is 10.1 Å². The van der Waals surface area contributed by atoms with Gasteiger partial charge in [0.15, 0.2) is 5.65 Å². The van der Waals surface area contributed by atoms with Crippen molar-refractivity contribution in [2.45, 2.75) is 13.5 Å². The Balaban J connectivity index is 1.54. The SMILES string of the molecule is CCOc1ccccc1CNC(=O)c1cccc(-n2nnc3cccnc32)c1. The van der Waals surface area contributed by atoms with Crippen molar-refractivity contribution in [1.29, 1.82) is 0 Å². The molecule has 0 saturated heterocycles. The number of rotatable bonds is 6. The van der Waals surface area contributed by atoms with Crippen LogP contribution in [0, 0.1) is 0 Å². The molecule has 7 nitrogen and oxygen atoms in total. The number of hydrogen-bond donors (Lipinski definition) is 1. The van der Waals surface area contributed by atoms with Gasteiger partial charge in [-0.25, -0.2) is 4.98 Å². The van der Waals surface area contributed by atoms with Gasteiger partial charge in [-0.05, 0) is 43.3 Å². The topological polar surface area (TPSA) is 81.9 Å². The molecule has 2 heterocycles. The number of fused-ring (bicyclic) bond motifs is 1. The highest BCUT2D eigenvalue weighted by Crippen LogP contribution is 2.18. The van der Waals surface area contributed by atoms with Crippen LogP contribution in [0.25, 0.3) is 16.9 Å². The molecule has 1 amide bonds. The Morgan fingerprint density at radius 1 is 1.11 bits per heavy atom. The van der Waals surface area contributed by atoms with Gasteiger partial charge >= 0.3 is 0 Å². The number of hydrogen-bond acceptors (Lipinski definition) is 5. The van der Waals surface area contributed by atoms with Crippen LogP contribution in [0.15, 0.2) is 66.9 Å². The van der Waals surface area contributed by atoms with E-state index in [9.17, 15) is 4.79 Å². The quantitative estimate of drug-likeness (QED) is 0.561. The van der Waals surface area contributed by atoms with E-state index < -0.39 is 0 Å². The summed E-state index contributed by atoms with van der Waals surface area (Å²) in [5.41, 5.74) is 3.53. The average Bonchev–Trinajstić information content (AvgIpc) is 3.17. The van der Waals surface area contributed by atoms with Crippen LogP contribution in [0.5, 0.6) is 5.75 Å². The number of amides is 1. The molecule has 4 rings (SSSR count). The lowest BCUT2D eigenvalue weighted by atomic mass is 10.1. The first-order chi connectivity index (χ1) is 13.8. The van der Waals surface area contributed by atoms with Crippen molar-refractivity contribution in [2.24, 2.45) is 0 Å². The average molecular weight is 373 g/mol. The van der Waals surface area contributed by atoms with E-state index in [-0.39, 0.29) is 5.91 Å². The molecule has 2 aromatic carbocycles. The minimum absolute atomic E-state index is 0.175. The van der Waals surface area contributed by atoms with Crippen LogP contribution in [0.3, 0.4) is 0 Å². The third-order valence-corrected chi connectivity index (χ3v) is 4.27. The molecule has 28 heavy (non-hydrogen) atoms. The van der Waals surface area contributed by atoms with Crippen LogP contribution in [0.4, 0.5) is 0 Å². The number of nitrogens with one attached hydrogen (secondary N) is 1. The maximum atomic E-state index is 12.7. The first-order valence-corrected chi connectivity index (χ1v) is 9.02. The van der Waals surface area contributed by atoms with Crippen molar-refractivity contribution >= 4 is 17.1 Å². The van der Waals surface area contributed by atoms with Crippen LogP contribution in [-0.2, 0) is 6.54 Å². The van der Waals surface area contributed by atoms with Gasteiger partial charge in [0.2, 0.25) is 0 Å². The molecule has 1 N–H and O–H groups in total. The van der Waals surface area contributed by atoms with Gasteiger partial charge in [-0.2, -0.15) is 4.68 Å². The second kappa shape index (κ2) is 7.87. The molecule has 0 saturated carbocycles. The molecular weight excluding hydrogens is 354 g/mol. The van der Waals surface area contributed by atoms with Crippen molar-refractivity contribution < 1.29 is 9.53 Å². The predicted octanol–water partition coefficient (Wildman–Crippen LogP) is 3.14. The van der Waals surface area contributed by atoms with E-state index in [1.807, 2.05) is 55.5 Å². The Kier molecular flexibility index (Phi) is 4.97. The highest BCUT2D eigenvalue weighted by molar-refractivity contribution is 5.94. The lowest BCUT2D eigenvalue weighted by molar-refractivity contribution is 0.0950.